The topological polar surface area (TPSA) is 66.5 Å². The number of piperidine rings is 1. The Morgan fingerprint density at radius 1 is 0.967 bits per heavy atom. The fourth-order valence-electron chi connectivity index (χ4n) is 3.41. The van der Waals surface area contributed by atoms with Crippen LogP contribution >= 0.6 is 23.1 Å². The van der Waals surface area contributed by atoms with Crippen LogP contribution in [-0.2, 0) is 14.8 Å². The lowest BCUT2D eigenvalue weighted by atomic mass is 9.97. The van der Waals surface area contributed by atoms with Gasteiger partial charge in [0.2, 0.25) is 5.91 Å². The summed E-state index contributed by atoms with van der Waals surface area (Å²) >= 11 is 2.83. The summed E-state index contributed by atoms with van der Waals surface area (Å²) in [7, 11) is -3.45. The number of carbonyl (C=O) groups is 1. The molecule has 8 heteroatoms. The Labute approximate surface area is 185 Å². The summed E-state index contributed by atoms with van der Waals surface area (Å²) in [4.78, 5) is 15.0. The van der Waals surface area contributed by atoms with E-state index >= 15 is 0 Å². The van der Waals surface area contributed by atoms with Crippen molar-refractivity contribution in [2.24, 2.45) is 5.92 Å². The second-order valence-corrected chi connectivity index (χ2v) is 11.2. The zero-order chi connectivity index (χ0) is 21.0. The van der Waals surface area contributed by atoms with E-state index in [0.29, 0.717) is 30.1 Å². The van der Waals surface area contributed by atoms with Gasteiger partial charge in [0.1, 0.15) is 4.21 Å². The number of nitrogens with zero attached hydrogens (tertiary/aromatic N) is 1. The van der Waals surface area contributed by atoms with Crippen LogP contribution in [0.25, 0.3) is 0 Å². The number of hydrogen-bond acceptors (Lipinski definition) is 5. The van der Waals surface area contributed by atoms with Gasteiger partial charge < -0.3 is 5.32 Å². The minimum absolute atomic E-state index is 0.0516. The normalized spacial score (nSPS) is 15.7. The molecule has 1 amide bonds. The lowest BCUT2D eigenvalue weighted by Crippen LogP contribution is -2.41. The number of nitrogens with one attached hydrogen (secondary N) is 1. The zero-order valence-electron chi connectivity index (χ0n) is 16.2. The molecule has 0 aliphatic carbocycles. The molecule has 0 unspecified atom stereocenters. The Balaban J connectivity index is 1.39. The predicted molar refractivity (Wildman–Crippen MR) is 121 cm³/mol. The molecule has 1 aromatic heterocycles. The molecule has 0 spiro atoms. The van der Waals surface area contributed by atoms with Crippen molar-refractivity contribution >= 4 is 44.7 Å². The molecule has 4 rings (SSSR count). The number of thiophene rings is 1. The molecule has 1 aliphatic heterocycles. The lowest BCUT2D eigenvalue weighted by Gasteiger charge is -2.30. The first-order valence-corrected chi connectivity index (χ1v) is 12.8. The second-order valence-electron chi connectivity index (χ2n) is 7.01. The summed E-state index contributed by atoms with van der Waals surface area (Å²) in [6, 6.07) is 21.1. The maximum Gasteiger partial charge on any atom is 0.252 e. The first-order chi connectivity index (χ1) is 14.5. The van der Waals surface area contributed by atoms with Crippen LogP contribution in [0.15, 0.2) is 86.1 Å². The first-order valence-electron chi connectivity index (χ1n) is 9.70. The number of para-hydroxylation sites is 1. The fourth-order valence-corrected chi connectivity index (χ4v) is 6.94. The summed E-state index contributed by atoms with van der Waals surface area (Å²) in [6.45, 7) is 0.720. The van der Waals surface area contributed by atoms with E-state index in [1.807, 2.05) is 54.6 Å². The van der Waals surface area contributed by atoms with Gasteiger partial charge in [-0.05, 0) is 48.6 Å². The number of benzene rings is 2. The summed E-state index contributed by atoms with van der Waals surface area (Å²) < 4.78 is 27.2. The standard InChI is InChI=1S/C22H22N2O3S3/c25-22(17-12-14-24(15-13-17)30(26,27)21-11-6-16-28-21)23-19-9-4-5-10-20(19)29-18-7-2-1-3-8-18/h1-11,16-17H,12-15H2,(H,23,25). The third-order valence-electron chi connectivity index (χ3n) is 5.03. The van der Waals surface area contributed by atoms with Crippen LogP contribution in [0.2, 0.25) is 0 Å². The monoisotopic (exact) mass is 458 g/mol. The van der Waals surface area contributed by atoms with Crippen LogP contribution < -0.4 is 5.32 Å². The van der Waals surface area contributed by atoms with Crippen molar-refractivity contribution in [1.29, 1.82) is 0 Å². The molecule has 30 heavy (non-hydrogen) atoms. The number of carbonyl (C=O) groups excluding carboxylic acids is 1. The summed E-state index contributed by atoms with van der Waals surface area (Å²) in [5, 5.41) is 4.82. The SMILES string of the molecule is O=C(Nc1ccccc1Sc1ccccc1)C1CCN(S(=O)(=O)c2cccs2)CC1. The zero-order valence-corrected chi connectivity index (χ0v) is 18.7. The minimum atomic E-state index is -3.45. The van der Waals surface area contributed by atoms with Gasteiger partial charge in [-0.2, -0.15) is 4.31 Å². The fraction of sp³-hybridized carbons (Fsp3) is 0.227. The van der Waals surface area contributed by atoms with Crippen molar-refractivity contribution in [3.8, 4) is 0 Å². The lowest BCUT2D eigenvalue weighted by molar-refractivity contribution is -0.120. The van der Waals surface area contributed by atoms with Crippen molar-refractivity contribution in [2.45, 2.75) is 26.8 Å². The molecule has 1 aliphatic rings. The van der Waals surface area contributed by atoms with Gasteiger partial charge in [-0.15, -0.1) is 11.3 Å². The van der Waals surface area contributed by atoms with Gasteiger partial charge in [0.05, 0.1) is 5.69 Å². The van der Waals surface area contributed by atoms with E-state index < -0.39 is 10.0 Å². The second kappa shape index (κ2) is 9.34. The van der Waals surface area contributed by atoms with Crippen molar-refractivity contribution in [1.82, 2.24) is 4.31 Å². The maximum absolute atomic E-state index is 12.9. The van der Waals surface area contributed by atoms with Gasteiger partial charge in [-0.3, -0.25) is 4.79 Å². The highest BCUT2D eigenvalue weighted by molar-refractivity contribution is 7.99. The van der Waals surface area contributed by atoms with Crippen LogP contribution in [0.3, 0.4) is 0 Å². The number of sulfonamides is 1. The third-order valence-corrected chi connectivity index (χ3v) is 9.39. The Morgan fingerprint density at radius 3 is 2.37 bits per heavy atom. The number of anilines is 1. The summed E-state index contributed by atoms with van der Waals surface area (Å²) in [5.41, 5.74) is 0.782. The molecule has 1 saturated heterocycles. The van der Waals surface area contributed by atoms with E-state index in [4.69, 9.17) is 0 Å². The van der Waals surface area contributed by atoms with Crippen LogP contribution in [-0.4, -0.2) is 31.7 Å². The number of hydrogen-bond donors (Lipinski definition) is 1. The first kappa shape index (κ1) is 21.1. The smallest absolute Gasteiger partial charge is 0.252 e. The molecule has 5 nitrogen and oxygen atoms in total. The van der Waals surface area contributed by atoms with Crippen LogP contribution in [0.4, 0.5) is 5.69 Å². The van der Waals surface area contributed by atoms with Crippen molar-refractivity contribution in [3.63, 3.8) is 0 Å². The molecule has 2 aromatic carbocycles. The molecule has 3 aromatic rings. The molecule has 0 atom stereocenters. The maximum atomic E-state index is 12.9. The molecule has 156 valence electrons. The van der Waals surface area contributed by atoms with Gasteiger partial charge in [-0.1, -0.05) is 48.2 Å². The average Bonchev–Trinajstić information content (AvgIpc) is 3.32. The Morgan fingerprint density at radius 2 is 1.67 bits per heavy atom. The van der Waals surface area contributed by atoms with E-state index in [1.165, 1.54) is 15.6 Å². The molecule has 2 heterocycles. The molecular formula is C22H22N2O3S3. The highest BCUT2D eigenvalue weighted by Gasteiger charge is 2.32. The largest absolute Gasteiger partial charge is 0.325 e. The number of rotatable bonds is 6. The molecule has 1 N–H and O–H groups in total. The molecule has 1 fully saturated rings. The van der Waals surface area contributed by atoms with Crippen LogP contribution in [0, 0.1) is 5.92 Å². The van der Waals surface area contributed by atoms with E-state index in [0.717, 1.165) is 15.5 Å². The number of amides is 1. The third kappa shape index (κ3) is 4.78. The highest BCUT2D eigenvalue weighted by atomic mass is 32.2. The Kier molecular flexibility index (Phi) is 6.58. The Hall–Kier alpha value is -2.13. The van der Waals surface area contributed by atoms with E-state index in [2.05, 4.69) is 5.32 Å². The van der Waals surface area contributed by atoms with Gasteiger partial charge in [0, 0.05) is 28.8 Å². The molecular weight excluding hydrogens is 436 g/mol. The summed E-state index contributed by atoms with van der Waals surface area (Å²) in [5.74, 6) is -0.251. The van der Waals surface area contributed by atoms with Gasteiger partial charge >= 0.3 is 0 Å². The quantitative estimate of drug-likeness (QED) is 0.568. The molecule has 0 bridgehead atoms. The van der Waals surface area contributed by atoms with Crippen molar-refractivity contribution in [2.75, 3.05) is 18.4 Å². The van der Waals surface area contributed by atoms with E-state index in [1.54, 1.807) is 29.3 Å². The summed E-state index contributed by atoms with van der Waals surface area (Å²) in [6.07, 6.45) is 1.04. The van der Waals surface area contributed by atoms with Crippen molar-refractivity contribution in [3.05, 3.63) is 72.1 Å². The molecule has 0 radical (unpaired) electrons. The van der Waals surface area contributed by atoms with E-state index in [-0.39, 0.29) is 11.8 Å². The van der Waals surface area contributed by atoms with Gasteiger partial charge in [-0.25, -0.2) is 8.42 Å². The molecule has 0 saturated carbocycles. The van der Waals surface area contributed by atoms with Crippen LogP contribution in [0.1, 0.15) is 12.8 Å². The Bertz CT molecular complexity index is 1090. The van der Waals surface area contributed by atoms with E-state index in [9.17, 15) is 13.2 Å². The highest BCUT2D eigenvalue weighted by Crippen LogP contribution is 2.34. The van der Waals surface area contributed by atoms with Gasteiger partial charge in [0.25, 0.3) is 10.0 Å². The minimum Gasteiger partial charge on any atom is -0.325 e. The average molecular weight is 459 g/mol. The van der Waals surface area contributed by atoms with Gasteiger partial charge in [0.15, 0.2) is 0 Å². The van der Waals surface area contributed by atoms with Crippen molar-refractivity contribution < 1.29 is 13.2 Å². The van der Waals surface area contributed by atoms with Crippen LogP contribution in [0.5, 0.6) is 0 Å². The predicted octanol–water partition coefficient (Wildman–Crippen LogP) is 4.94.